The molecule has 6 heterocycles. The van der Waals surface area contributed by atoms with E-state index in [1.165, 1.54) is 18.3 Å². The predicted octanol–water partition coefficient (Wildman–Crippen LogP) is 19.2. The standard InChI is InChI=1S/C72H70F4N6/c1-13-61-43(5)67-65(68-44(6)62(14-2)48(10)80(68)71(73,74)79(67)47(61)9)53-25-23-31-59(41-53)77(55-27-19-17-20-28-55)57-37-33-51(34-38-57)52-35-39-58(40-36-52)78(56-29-21-18-22-30-56)60-32-24-26-54(42-60)66-69-45(7)63(15-3)49(11)81(69)72(75,76)82-50(12)64(16-4)46(8)70(66)82/h17-42H,13-16H2,1-12H3/q+2. The van der Waals surface area contributed by atoms with E-state index in [-0.39, 0.29) is 0 Å². The second kappa shape index (κ2) is 20.2. The summed E-state index contributed by atoms with van der Waals surface area (Å²) in [4.78, 5) is 4.46. The molecule has 6 aromatic carbocycles. The van der Waals surface area contributed by atoms with Crippen LogP contribution in [0.4, 0.5) is 51.7 Å². The zero-order valence-corrected chi connectivity index (χ0v) is 49.0. The van der Waals surface area contributed by atoms with Gasteiger partial charge in [0.05, 0.1) is 22.5 Å². The van der Waals surface area contributed by atoms with Gasteiger partial charge in [0, 0.05) is 81.7 Å². The number of halogens is 4. The zero-order valence-electron chi connectivity index (χ0n) is 49.0. The fraction of sp³-hybridized carbons (Fsp3) is 0.250. The molecule has 0 saturated carbocycles. The van der Waals surface area contributed by atoms with Crippen molar-refractivity contribution in [1.29, 1.82) is 0 Å². The Morgan fingerprint density at radius 1 is 0.378 bits per heavy atom. The molecule has 4 aliphatic heterocycles. The van der Waals surface area contributed by atoms with Gasteiger partial charge in [-0.2, -0.15) is 0 Å². The minimum absolute atomic E-state index is 0.570. The average Bonchev–Trinajstić information content (AvgIpc) is 1.72. The van der Waals surface area contributed by atoms with Gasteiger partial charge in [0.2, 0.25) is 11.4 Å². The van der Waals surface area contributed by atoms with Crippen LogP contribution >= 0.6 is 0 Å². The molecule has 0 N–H and O–H groups in total. The van der Waals surface area contributed by atoms with E-state index in [9.17, 15) is 0 Å². The molecule has 8 aromatic rings. The second-order valence-electron chi connectivity index (χ2n) is 22.2. The maximum atomic E-state index is 17.2. The lowest BCUT2D eigenvalue weighted by atomic mass is 9.91. The smallest absolute Gasteiger partial charge is 0.310 e. The first kappa shape index (κ1) is 54.1. The Labute approximate surface area is 479 Å². The summed E-state index contributed by atoms with van der Waals surface area (Å²) in [7, 11) is 0. The van der Waals surface area contributed by atoms with Crippen molar-refractivity contribution in [3.05, 3.63) is 248 Å². The van der Waals surface area contributed by atoms with E-state index >= 15 is 17.6 Å². The molecule has 0 bridgehead atoms. The summed E-state index contributed by atoms with van der Waals surface area (Å²) in [6.07, 6.45) is -3.98. The van der Waals surface area contributed by atoms with E-state index in [1.807, 2.05) is 132 Å². The third-order valence-corrected chi connectivity index (χ3v) is 18.1. The molecule has 0 radical (unpaired) electrons. The summed E-state index contributed by atoms with van der Waals surface area (Å²) in [6, 6.07) is 54.4. The van der Waals surface area contributed by atoms with Gasteiger partial charge in [0.15, 0.2) is 11.4 Å². The van der Waals surface area contributed by atoms with E-state index in [1.54, 1.807) is 0 Å². The van der Waals surface area contributed by atoms with Crippen LogP contribution in [-0.2, 0) is 25.2 Å². The number of hydrogen-bond acceptors (Lipinski definition) is 2. The molecule has 6 nitrogen and oxygen atoms in total. The summed E-state index contributed by atoms with van der Waals surface area (Å²) in [5.74, 6) is 0. The number of alkyl halides is 4. The molecular formula is C72H70F4N6+2. The Kier molecular flexibility index (Phi) is 13.3. The van der Waals surface area contributed by atoms with Crippen LogP contribution in [0.1, 0.15) is 124 Å². The molecule has 0 spiro atoms. The molecule has 10 heteroatoms. The highest BCUT2D eigenvalue weighted by molar-refractivity contribution is 6.02. The zero-order chi connectivity index (χ0) is 57.8. The normalized spacial score (nSPS) is 16.1. The SMILES string of the molecule is CCC1=C(C)C2=C(c3cccc(N(c4ccccc4)c4ccc(-c5ccc(N(c6ccccc6)c6cccc(C7=C8C(C)=C(CC)C(C)=[N+]8C(F)(F)n8c(C)c(CC)c(C)c87)c6)cc5)cc4)c3)c3c(C)c(CC)c(C)n3C(F)(F)[N+]2=C1C. The van der Waals surface area contributed by atoms with Crippen LogP contribution in [0.3, 0.4) is 0 Å². The minimum atomic E-state index is -3.29. The van der Waals surface area contributed by atoms with Crippen molar-refractivity contribution in [2.45, 2.75) is 121 Å². The first-order valence-corrected chi connectivity index (χ1v) is 28.9. The molecule has 0 fully saturated rings. The molecular weight excluding hydrogens is 1020 g/mol. The number of para-hydroxylation sites is 2. The monoisotopic (exact) mass is 1090 g/mol. The third-order valence-electron chi connectivity index (χ3n) is 18.1. The highest BCUT2D eigenvalue weighted by atomic mass is 19.3. The summed E-state index contributed by atoms with van der Waals surface area (Å²) in [6.45, 7) is 23.5. The Morgan fingerprint density at radius 2 is 0.707 bits per heavy atom. The van der Waals surface area contributed by atoms with E-state index in [0.717, 1.165) is 112 Å². The molecule has 82 heavy (non-hydrogen) atoms. The molecule has 0 unspecified atom stereocenters. The second-order valence-corrected chi connectivity index (χ2v) is 22.2. The van der Waals surface area contributed by atoms with Gasteiger partial charge in [-0.1, -0.05) is 113 Å². The van der Waals surface area contributed by atoms with Crippen molar-refractivity contribution in [2.75, 3.05) is 9.80 Å². The lowest BCUT2D eigenvalue weighted by Crippen LogP contribution is -2.43. The number of benzene rings is 6. The van der Waals surface area contributed by atoms with Crippen molar-refractivity contribution in [1.82, 2.24) is 9.13 Å². The van der Waals surface area contributed by atoms with Gasteiger partial charge in [0.1, 0.15) is 0 Å². The van der Waals surface area contributed by atoms with E-state index in [0.29, 0.717) is 71.3 Å². The van der Waals surface area contributed by atoms with Gasteiger partial charge in [-0.25, -0.2) is 9.13 Å². The maximum Gasteiger partial charge on any atom is 0.565 e. The Hall–Kier alpha value is -8.50. The summed E-state index contributed by atoms with van der Waals surface area (Å²) < 4.78 is 73.8. The molecule has 4 aliphatic rings. The molecule has 0 aliphatic carbocycles. The van der Waals surface area contributed by atoms with Crippen LogP contribution in [0.2, 0.25) is 0 Å². The average molecular weight is 1100 g/mol. The highest BCUT2D eigenvalue weighted by Gasteiger charge is 2.61. The molecule has 2 aromatic heterocycles. The van der Waals surface area contributed by atoms with Crippen LogP contribution < -0.4 is 9.80 Å². The summed E-state index contributed by atoms with van der Waals surface area (Å²) >= 11 is 0. The molecule has 12 rings (SSSR count). The van der Waals surface area contributed by atoms with Gasteiger partial charge in [-0.15, -0.1) is 26.7 Å². The van der Waals surface area contributed by atoms with Crippen molar-refractivity contribution in [2.24, 2.45) is 0 Å². The van der Waals surface area contributed by atoms with Crippen LogP contribution in [0, 0.1) is 27.7 Å². The predicted molar refractivity (Wildman–Crippen MR) is 328 cm³/mol. The number of rotatable bonds is 13. The molecule has 414 valence electrons. The topological polar surface area (TPSA) is 22.4 Å². The Bertz CT molecular complexity index is 3870. The maximum absolute atomic E-state index is 17.2. The minimum Gasteiger partial charge on any atom is -0.310 e. The fourth-order valence-electron chi connectivity index (χ4n) is 14.4. The fourth-order valence-corrected chi connectivity index (χ4v) is 14.4. The highest BCUT2D eigenvalue weighted by Crippen LogP contribution is 2.53. The van der Waals surface area contributed by atoms with Crippen LogP contribution in [0.25, 0.3) is 22.3 Å². The van der Waals surface area contributed by atoms with E-state index in [4.69, 9.17) is 0 Å². The molecule has 0 amide bonds. The van der Waals surface area contributed by atoms with E-state index < -0.39 is 12.3 Å². The van der Waals surface area contributed by atoms with Gasteiger partial charge in [-0.05, 0) is 185 Å². The number of anilines is 6. The molecule has 0 saturated heterocycles. The summed E-state index contributed by atoms with van der Waals surface area (Å²) in [5, 5.41) is 0. The number of fused-ring (bicyclic) bond motifs is 4. The first-order valence-electron chi connectivity index (χ1n) is 28.9. The third kappa shape index (κ3) is 7.94. The van der Waals surface area contributed by atoms with Gasteiger partial charge in [0.25, 0.3) is 0 Å². The number of nitrogens with zero attached hydrogens (tertiary/aromatic N) is 6. The van der Waals surface area contributed by atoms with Crippen molar-refractivity contribution in [3.8, 4) is 11.1 Å². The van der Waals surface area contributed by atoms with Crippen LogP contribution in [-0.4, -0.2) is 29.7 Å². The lowest BCUT2D eigenvalue weighted by Gasteiger charge is -2.29. The van der Waals surface area contributed by atoms with Crippen molar-refractivity contribution < 1.29 is 26.7 Å². The lowest BCUT2D eigenvalue weighted by molar-refractivity contribution is -0.676. The Morgan fingerprint density at radius 3 is 1.04 bits per heavy atom. The Balaban J connectivity index is 0.923. The van der Waals surface area contributed by atoms with Crippen LogP contribution in [0.5, 0.6) is 0 Å². The largest absolute Gasteiger partial charge is 0.565 e. The van der Waals surface area contributed by atoms with Crippen LogP contribution in [0.15, 0.2) is 191 Å². The van der Waals surface area contributed by atoms with Gasteiger partial charge < -0.3 is 9.80 Å². The van der Waals surface area contributed by atoms with Crippen molar-refractivity contribution in [3.63, 3.8) is 0 Å². The number of hydrogen-bond donors (Lipinski definition) is 0. The number of allylic oxidation sites excluding steroid dienone is 4. The van der Waals surface area contributed by atoms with Crippen molar-refractivity contribution >= 4 is 56.7 Å². The molecule has 0 atom stereocenters. The summed E-state index contributed by atoms with van der Waals surface area (Å²) in [5.41, 5.74) is 23.0. The van der Waals surface area contributed by atoms with Gasteiger partial charge in [-0.3, -0.25) is 0 Å². The quantitative estimate of drug-likeness (QED) is 0.0652. The first-order chi connectivity index (χ1) is 39.4. The number of aromatic nitrogens is 2. The van der Waals surface area contributed by atoms with E-state index in [2.05, 4.69) is 119 Å². The van der Waals surface area contributed by atoms with Gasteiger partial charge >= 0.3 is 12.3 Å².